The Balaban J connectivity index is 1.25. The highest BCUT2D eigenvalue weighted by Crippen LogP contribution is 2.19. The number of rotatable bonds is 26. The highest BCUT2D eigenvalue weighted by Gasteiger charge is 2.34. The lowest BCUT2D eigenvalue weighted by Crippen LogP contribution is -2.59. The number of primary amides is 1. The first-order chi connectivity index (χ1) is 36.1. The van der Waals surface area contributed by atoms with Gasteiger partial charge in [0, 0.05) is 51.3 Å². The van der Waals surface area contributed by atoms with Crippen LogP contribution < -0.4 is 43.0 Å². The number of phenols is 1. The van der Waals surface area contributed by atoms with Crippen molar-refractivity contribution in [2.24, 2.45) is 11.7 Å². The molecule has 4 aromatic rings. The van der Waals surface area contributed by atoms with Crippen molar-refractivity contribution < 1.29 is 53.1 Å². The van der Waals surface area contributed by atoms with Gasteiger partial charge in [0.15, 0.2) is 0 Å². The van der Waals surface area contributed by atoms with Crippen molar-refractivity contribution in [2.75, 3.05) is 39.8 Å². The maximum Gasteiger partial charge on any atom is 0.243 e. The lowest BCUT2D eigenvalue weighted by molar-refractivity contribution is -0.141. The zero-order chi connectivity index (χ0) is 55.5. The maximum atomic E-state index is 14.2. The van der Waals surface area contributed by atoms with Crippen LogP contribution in [0.1, 0.15) is 63.1 Å². The molecule has 0 spiro atoms. The van der Waals surface area contributed by atoms with E-state index in [1.807, 2.05) is 56.3 Å². The van der Waals surface area contributed by atoms with Gasteiger partial charge >= 0.3 is 0 Å². The van der Waals surface area contributed by atoms with E-state index in [2.05, 4.69) is 37.2 Å². The Morgan fingerprint density at radius 1 is 0.618 bits per heavy atom. The molecule has 0 aliphatic carbocycles. The predicted octanol–water partition coefficient (Wildman–Crippen LogP) is 0.905. The number of hydrogen-bond acceptors (Lipinski definition) is 11. The third-order valence-electron chi connectivity index (χ3n) is 12.6. The first kappa shape index (κ1) is 58.8. The number of carbonyl (C=O) groups is 10. The van der Waals surface area contributed by atoms with Crippen LogP contribution in [0.15, 0.2) is 91.0 Å². The number of aromatic hydroxyl groups is 1. The standard InChI is InChI=1S/C54H67ClN10O11/c1-32(2)23-41(50(72)59-31-49(71)65-21-7-8-22-65)61-53(75)44(28-46(56)68)63-54(76)45(27-35-14-19-40(67)20-15-35)64(4)48(70)30-57-47(69)29-58-51(73)42(25-34-12-17-39(55)18-13-34)62-52(74)43(60-33(3)66)26-36-11-16-37-9-5-6-10-38(37)24-36/h5-6,9-20,24,32,41-45,67H,7-8,21-23,25-31H2,1-4H3,(H2,56,68)(H,57,69)(H,58,73)(H,59,72)(H,60,66)(H,61,75)(H,62,74)(H,63,76)/t41-,42+,43+,44?,45-/m0/s1. The smallest absolute Gasteiger partial charge is 0.243 e. The molecular formula is C54H67ClN10O11. The molecule has 22 heteroatoms. The lowest BCUT2D eigenvalue weighted by Gasteiger charge is -2.30. The minimum absolute atomic E-state index is 0.0379. The molecule has 1 aliphatic rings. The van der Waals surface area contributed by atoms with E-state index in [1.54, 1.807) is 29.2 Å². The topological polar surface area (TPSA) is 308 Å². The van der Waals surface area contributed by atoms with E-state index in [0.29, 0.717) is 29.2 Å². The number of phenolic OH excluding ortho intramolecular Hbond substituents is 1. The van der Waals surface area contributed by atoms with Gasteiger partial charge in [0.2, 0.25) is 59.1 Å². The molecule has 5 atom stereocenters. The van der Waals surface area contributed by atoms with Crippen LogP contribution in [-0.2, 0) is 67.2 Å². The van der Waals surface area contributed by atoms with Crippen molar-refractivity contribution in [2.45, 2.75) is 95.9 Å². The number of nitrogens with zero attached hydrogens (tertiary/aromatic N) is 2. The lowest BCUT2D eigenvalue weighted by atomic mass is 10.00. The summed E-state index contributed by atoms with van der Waals surface area (Å²) >= 11 is 6.10. The molecule has 21 nitrogen and oxygen atoms in total. The summed E-state index contributed by atoms with van der Waals surface area (Å²) in [6, 6.07) is 19.1. The second-order valence-electron chi connectivity index (χ2n) is 19.1. The molecule has 0 saturated carbocycles. The van der Waals surface area contributed by atoms with E-state index >= 15 is 0 Å². The van der Waals surface area contributed by atoms with Crippen molar-refractivity contribution in [1.82, 2.24) is 47.0 Å². The molecule has 1 aliphatic heterocycles. The van der Waals surface area contributed by atoms with E-state index < -0.39 is 103 Å². The number of hydrogen-bond donors (Lipinski definition) is 9. The van der Waals surface area contributed by atoms with Gasteiger partial charge in [-0.1, -0.05) is 92.2 Å². The average molecular weight is 1070 g/mol. The quantitative estimate of drug-likeness (QED) is 0.0426. The normalized spacial score (nSPS) is 14.0. The van der Waals surface area contributed by atoms with Crippen LogP contribution in [0.3, 0.4) is 0 Å². The van der Waals surface area contributed by atoms with Gasteiger partial charge in [0.05, 0.1) is 26.1 Å². The summed E-state index contributed by atoms with van der Waals surface area (Å²) in [4.78, 5) is 136. The molecule has 406 valence electrons. The molecule has 1 fully saturated rings. The molecule has 1 heterocycles. The number of carbonyl (C=O) groups excluding carboxylic acids is 10. The Hall–Kier alpha value is -8.07. The van der Waals surface area contributed by atoms with Crippen LogP contribution in [-0.4, -0.2) is 144 Å². The van der Waals surface area contributed by atoms with Crippen LogP contribution in [0, 0.1) is 5.92 Å². The summed E-state index contributed by atoms with van der Waals surface area (Å²) in [7, 11) is 1.27. The zero-order valence-corrected chi connectivity index (χ0v) is 43.7. The summed E-state index contributed by atoms with van der Waals surface area (Å²) in [5.74, 6) is -7.47. The van der Waals surface area contributed by atoms with Crippen LogP contribution in [0.5, 0.6) is 5.75 Å². The summed E-state index contributed by atoms with van der Waals surface area (Å²) < 4.78 is 0. The molecule has 0 radical (unpaired) electrons. The summed E-state index contributed by atoms with van der Waals surface area (Å²) in [5, 5.41) is 30.2. The number of benzene rings is 4. The monoisotopic (exact) mass is 1070 g/mol. The Morgan fingerprint density at radius 2 is 1.16 bits per heavy atom. The number of likely N-dealkylation sites (N-methyl/N-ethyl adjacent to an activating group) is 1. The first-order valence-electron chi connectivity index (χ1n) is 25.0. The van der Waals surface area contributed by atoms with E-state index in [-0.39, 0.29) is 49.8 Å². The summed E-state index contributed by atoms with van der Waals surface area (Å²) in [6.45, 7) is 4.43. The SMILES string of the molecule is CC(=O)N[C@H](Cc1ccc2ccccc2c1)C(=O)N[C@H](Cc1ccc(Cl)cc1)C(=O)NCC(=O)NCC(=O)N(C)[C@@H](Cc1ccc(O)cc1)C(=O)NC(CC(N)=O)C(=O)N[C@@H](CC(C)C)C(=O)NCC(=O)N1CCCC1. The Bertz CT molecular complexity index is 2730. The van der Waals surface area contributed by atoms with Crippen LogP contribution in [0.2, 0.25) is 5.02 Å². The fourth-order valence-corrected chi connectivity index (χ4v) is 8.62. The minimum Gasteiger partial charge on any atom is -0.508 e. The zero-order valence-electron chi connectivity index (χ0n) is 43.0. The van der Waals surface area contributed by atoms with Gasteiger partial charge in [-0.05, 0) is 76.9 Å². The van der Waals surface area contributed by atoms with Crippen LogP contribution >= 0.6 is 11.6 Å². The van der Waals surface area contributed by atoms with Gasteiger partial charge < -0.3 is 57.9 Å². The molecule has 10 amide bonds. The largest absolute Gasteiger partial charge is 0.508 e. The molecule has 76 heavy (non-hydrogen) atoms. The minimum atomic E-state index is -1.62. The molecule has 5 rings (SSSR count). The summed E-state index contributed by atoms with van der Waals surface area (Å²) in [5.41, 5.74) is 7.35. The molecule has 0 bridgehead atoms. The van der Waals surface area contributed by atoms with Crippen LogP contribution in [0.25, 0.3) is 10.8 Å². The number of likely N-dealkylation sites (tertiary alicyclic amines) is 1. The van der Waals surface area contributed by atoms with Crippen molar-refractivity contribution in [3.8, 4) is 5.75 Å². The number of amides is 10. The number of halogens is 1. The first-order valence-corrected chi connectivity index (χ1v) is 25.4. The Kier molecular flexibility index (Phi) is 22.1. The van der Waals surface area contributed by atoms with E-state index in [9.17, 15) is 53.1 Å². The highest BCUT2D eigenvalue weighted by molar-refractivity contribution is 6.30. The molecular weight excluding hydrogens is 1000 g/mol. The van der Waals surface area contributed by atoms with E-state index in [1.165, 1.54) is 38.2 Å². The second-order valence-corrected chi connectivity index (χ2v) is 19.6. The van der Waals surface area contributed by atoms with Gasteiger partial charge in [-0.2, -0.15) is 0 Å². The number of nitrogens with two attached hydrogens (primary N) is 1. The fourth-order valence-electron chi connectivity index (χ4n) is 8.50. The fraction of sp³-hybridized carbons (Fsp3) is 0.407. The Morgan fingerprint density at radius 3 is 1.80 bits per heavy atom. The van der Waals surface area contributed by atoms with Crippen molar-refractivity contribution in [1.29, 1.82) is 0 Å². The van der Waals surface area contributed by atoms with Crippen molar-refractivity contribution >= 4 is 81.4 Å². The van der Waals surface area contributed by atoms with Gasteiger partial charge in [-0.25, -0.2) is 0 Å². The molecule has 0 aromatic heterocycles. The van der Waals surface area contributed by atoms with E-state index in [4.69, 9.17) is 17.3 Å². The third-order valence-corrected chi connectivity index (χ3v) is 12.8. The molecule has 1 saturated heterocycles. The Labute approximate surface area is 445 Å². The van der Waals surface area contributed by atoms with Gasteiger partial charge in [-0.15, -0.1) is 0 Å². The average Bonchev–Trinajstić information content (AvgIpc) is 3.93. The molecule has 10 N–H and O–H groups in total. The van der Waals surface area contributed by atoms with Gasteiger partial charge in [-0.3, -0.25) is 47.9 Å². The van der Waals surface area contributed by atoms with Crippen LogP contribution in [0.4, 0.5) is 0 Å². The van der Waals surface area contributed by atoms with Crippen molar-refractivity contribution in [3.63, 3.8) is 0 Å². The predicted molar refractivity (Wildman–Crippen MR) is 283 cm³/mol. The highest BCUT2D eigenvalue weighted by atomic mass is 35.5. The molecule has 1 unspecified atom stereocenters. The summed E-state index contributed by atoms with van der Waals surface area (Å²) in [6.07, 6.45) is 1.03. The van der Waals surface area contributed by atoms with Gasteiger partial charge in [0.1, 0.15) is 36.0 Å². The maximum absolute atomic E-state index is 14.2. The number of fused-ring (bicyclic) bond motifs is 1. The number of nitrogens with one attached hydrogen (secondary N) is 7. The third kappa shape index (κ3) is 18.7. The van der Waals surface area contributed by atoms with Crippen molar-refractivity contribution in [3.05, 3.63) is 113 Å². The van der Waals surface area contributed by atoms with Gasteiger partial charge in [0.25, 0.3) is 0 Å². The van der Waals surface area contributed by atoms with E-state index in [0.717, 1.165) is 34.1 Å². The molecule has 4 aromatic carbocycles. The second kappa shape index (κ2) is 28.6.